The molecule has 0 unspecified atom stereocenters. The van der Waals surface area contributed by atoms with E-state index in [1.165, 1.54) is 18.2 Å². The van der Waals surface area contributed by atoms with Gasteiger partial charge in [0.05, 0.1) is 10.6 Å². The lowest BCUT2D eigenvalue weighted by Crippen LogP contribution is -2.19. The molecular formula is C10H14BrN3O3S. The second kappa shape index (κ2) is 6.28. The second-order valence-electron chi connectivity index (χ2n) is 3.59. The van der Waals surface area contributed by atoms with Crippen LogP contribution in [0.1, 0.15) is 6.42 Å². The quantitative estimate of drug-likeness (QED) is 0.735. The number of hydrogen-bond acceptors (Lipinski definition) is 4. The molecule has 4 N–H and O–H groups in total. The number of amides is 1. The fraction of sp³-hybridized carbons (Fsp3) is 0.300. The highest BCUT2D eigenvalue weighted by Crippen LogP contribution is 2.25. The molecule has 6 nitrogen and oxygen atoms in total. The second-order valence-corrected chi connectivity index (χ2v) is 6.00. The number of anilines is 1. The SMILES string of the molecule is CNCCC(=O)Nc1ccc(S(N)(=O)=O)cc1Br. The van der Waals surface area contributed by atoms with Gasteiger partial charge in [0.1, 0.15) is 0 Å². The van der Waals surface area contributed by atoms with Crippen LogP contribution < -0.4 is 15.8 Å². The fourth-order valence-electron chi connectivity index (χ4n) is 1.23. The summed E-state index contributed by atoms with van der Waals surface area (Å²) < 4.78 is 22.7. The Labute approximate surface area is 114 Å². The van der Waals surface area contributed by atoms with Crippen LogP contribution in [0.3, 0.4) is 0 Å². The van der Waals surface area contributed by atoms with Crippen LogP contribution in [0.2, 0.25) is 0 Å². The number of nitrogens with one attached hydrogen (secondary N) is 2. The van der Waals surface area contributed by atoms with Gasteiger partial charge in [0, 0.05) is 17.4 Å². The number of hydrogen-bond donors (Lipinski definition) is 3. The van der Waals surface area contributed by atoms with Crippen molar-refractivity contribution in [3.63, 3.8) is 0 Å². The molecule has 0 aliphatic rings. The molecule has 0 fully saturated rings. The Hall–Kier alpha value is -0.960. The minimum Gasteiger partial charge on any atom is -0.325 e. The van der Waals surface area contributed by atoms with Crippen molar-refractivity contribution in [2.75, 3.05) is 18.9 Å². The van der Waals surface area contributed by atoms with Crippen molar-refractivity contribution < 1.29 is 13.2 Å². The Morgan fingerprint density at radius 2 is 2.11 bits per heavy atom. The monoisotopic (exact) mass is 335 g/mol. The Balaban J connectivity index is 2.84. The Morgan fingerprint density at radius 1 is 1.44 bits per heavy atom. The topological polar surface area (TPSA) is 101 Å². The van der Waals surface area contributed by atoms with Gasteiger partial charge in [-0.2, -0.15) is 0 Å². The summed E-state index contributed by atoms with van der Waals surface area (Å²) in [4.78, 5) is 11.5. The maximum Gasteiger partial charge on any atom is 0.238 e. The van der Waals surface area contributed by atoms with Gasteiger partial charge in [-0.3, -0.25) is 4.79 Å². The molecule has 0 atom stereocenters. The molecule has 0 saturated carbocycles. The van der Waals surface area contributed by atoms with E-state index in [0.717, 1.165) is 0 Å². The number of carbonyl (C=O) groups is 1. The van der Waals surface area contributed by atoms with Crippen LogP contribution in [0.15, 0.2) is 27.6 Å². The molecule has 1 aromatic rings. The van der Waals surface area contributed by atoms with Crippen LogP contribution in [0.4, 0.5) is 5.69 Å². The molecule has 1 aromatic carbocycles. The largest absolute Gasteiger partial charge is 0.325 e. The third kappa shape index (κ3) is 4.37. The van der Waals surface area contributed by atoms with E-state index in [-0.39, 0.29) is 10.8 Å². The third-order valence-corrected chi connectivity index (χ3v) is 3.71. The first kappa shape index (κ1) is 15.1. The van der Waals surface area contributed by atoms with Crippen LogP contribution in [0.5, 0.6) is 0 Å². The minimum atomic E-state index is -3.74. The molecule has 0 aromatic heterocycles. The van der Waals surface area contributed by atoms with E-state index in [1.807, 2.05) is 0 Å². The summed E-state index contributed by atoms with van der Waals surface area (Å²) in [5.74, 6) is -0.159. The van der Waals surface area contributed by atoms with Crippen molar-refractivity contribution in [2.24, 2.45) is 5.14 Å². The highest BCUT2D eigenvalue weighted by Gasteiger charge is 2.11. The van der Waals surface area contributed by atoms with Crippen molar-refractivity contribution in [1.82, 2.24) is 5.32 Å². The lowest BCUT2D eigenvalue weighted by atomic mass is 10.3. The van der Waals surface area contributed by atoms with Gasteiger partial charge < -0.3 is 10.6 Å². The average Bonchev–Trinajstić information content (AvgIpc) is 2.27. The smallest absolute Gasteiger partial charge is 0.238 e. The molecule has 1 rings (SSSR count). The van der Waals surface area contributed by atoms with Gasteiger partial charge in [-0.05, 0) is 41.2 Å². The van der Waals surface area contributed by atoms with Crippen LogP contribution in [-0.2, 0) is 14.8 Å². The van der Waals surface area contributed by atoms with Crippen molar-refractivity contribution in [3.8, 4) is 0 Å². The molecule has 0 radical (unpaired) electrons. The molecular weight excluding hydrogens is 322 g/mol. The van der Waals surface area contributed by atoms with E-state index in [4.69, 9.17) is 5.14 Å². The Morgan fingerprint density at radius 3 is 2.61 bits per heavy atom. The van der Waals surface area contributed by atoms with E-state index in [2.05, 4.69) is 26.6 Å². The number of nitrogens with two attached hydrogens (primary N) is 1. The fourth-order valence-corrected chi connectivity index (χ4v) is 2.39. The van der Waals surface area contributed by atoms with Gasteiger partial charge >= 0.3 is 0 Å². The van der Waals surface area contributed by atoms with Gasteiger partial charge in [0.2, 0.25) is 15.9 Å². The average molecular weight is 336 g/mol. The van der Waals surface area contributed by atoms with Gasteiger partial charge in [0.25, 0.3) is 0 Å². The standard InChI is InChI=1S/C10H14BrN3O3S/c1-13-5-4-10(15)14-9-3-2-7(6-8(9)11)18(12,16)17/h2-3,6,13H,4-5H2,1H3,(H,14,15)(H2,12,16,17). The van der Waals surface area contributed by atoms with Gasteiger partial charge in [-0.15, -0.1) is 0 Å². The maximum atomic E-state index is 11.5. The molecule has 0 saturated heterocycles. The summed E-state index contributed by atoms with van der Waals surface area (Å²) in [6, 6.07) is 4.18. The molecule has 100 valence electrons. The van der Waals surface area contributed by atoms with Gasteiger partial charge in [-0.25, -0.2) is 13.6 Å². The summed E-state index contributed by atoms with van der Waals surface area (Å²) in [7, 11) is -1.98. The van der Waals surface area contributed by atoms with Crippen LogP contribution >= 0.6 is 15.9 Å². The van der Waals surface area contributed by atoms with E-state index in [9.17, 15) is 13.2 Å². The van der Waals surface area contributed by atoms with E-state index >= 15 is 0 Å². The first-order chi connectivity index (χ1) is 8.34. The summed E-state index contributed by atoms with van der Waals surface area (Å²) in [5, 5.41) is 10.5. The highest BCUT2D eigenvalue weighted by atomic mass is 79.9. The predicted octanol–water partition coefficient (Wildman–Crippen LogP) is 0.645. The van der Waals surface area contributed by atoms with Crippen molar-refractivity contribution >= 4 is 37.5 Å². The zero-order chi connectivity index (χ0) is 13.8. The normalized spacial score (nSPS) is 11.3. The summed E-state index contributed by atoms with van der Waals surface area (Å²) in [6.07, 6.45) is 0.333. The van der Waals surface area contributed by atoms with Gasteiger partial charge in [-0.1, -0.05) is 0 Å². The molecule has 0 aliphatic heterocycles. The molecule has 1 amide bonds. The maximum absolute atomic E-state index is 11.5. The Bertz CT molecular complexity index is 545. The van der Waals surface area contributed by atoms with Crippen molar-refractivity contribution in [2.45, 2.75) is 11.3 Å². The van der Waals surface area contributed by atoms with E-state index in [1.54, 1.807) is 7.05 Å². The number of benzene rings is 1. The molecule has 0 spiro atoms. The number of rotatable bonds is 5. The minimum absolute atomic E-state index is 0.0115. The van der Waals surface area contributed by atoms with E-state index < -0.39 is 10.0 Å². The molecule has 0 heterocycles. The lowest BCUT2D eigenvalue weighted by molar-refractivity contribution is -0.116. The number of primary sulfonamides is 1. The van der Waals surface area contributed by atoms with E-state index in [0.29, 0.717) is 23.1 Å². The summed E-state index contributed by atoms with van der Waals surface area (Å²) >= 11 is 3.19. The van der Waals surface area contributed by atoms with Crippen molar-refractivity contribution in [1.29, 1.82) is 0 Å². The number of halogens is 1. The third-order valence-electron chi connectivity index (χ3n) is 2.15. The summed E-state index contributed by atoms with van der Waals surface area (Å²) in [5.41, 5.74) is 0.503. The number of sulfonamides is 1. The first-order valence-corrected chi connectivity index (χ1v) is 7.45. The zero-order valence-corrected chi connectivity index (χ0v) is 12.1. The van der Waals surface area contributed by atoms with Gasteiger partial charge in [0.15, 0.2) is 0 Å². The van der Waals surface area contributed by atoms with Crippen LogP contribution in [0, 0.1) is 0 Å². The zero-order valence-electron chi connectivity index (χ0n) is 9.73. The number of carbonyl (C=O) groups excluding carboxylic acids is 1. The van der Waals surface area contributed by atoms with Crippen LogP contribution in [0.25, 0.3) is 0 Å². The van der Waals surface area contributed by atoms with Crippen molar-refractivity contribution in [3.05, 3.63) is 22.7 Å². The first-order valence-electron chi connectivity index (χ1n) is 5.11. The summed E-state index contributed by atoms with van der Waals surface area (Å²) in [6.45, 7) is 0.568. The Kier molecular flexibility index (Phi) is 5.27. The molecule has 18 heavy (non-hydrogen) atoms. The molecule has 0 bridgehead atoms. The predicted molar refractivity (Wildman–Crippen MR) is 72.7 cm³/mol. The lowest BCUT2D eigenvalue weighted by Gasteiger charge is -2.08. The van der Waals surface area contributed by atoms with Crippen LogP contribution in [-0.4, -0.2) is 27.9 Å². The molecule has 8 heteroatoms. The highest BCUT2D eigenvalue weighted by molar-refractivity contribution is 9.10. The molecule has 0 aliphatic carbocycles.